The summed E-state index contributed by atoms with van der Waals surface area (Å²) < 4.78 is -0.758. The highest BCUT2D eigenvalue weighted by atomic mass is 35.5. The Balaban J connectivity index is 2.11. The number of nitrogens with one attached hydrogen (secondary N) is 1. The van der Waals surface area contributed by atoms with E-state index in [2.05, 4.69) is 19.2 Å². The molecule has 1 fully saturated rings. The van der Waals surface area contributed by atoms with Crippen LogP contribution in [0.15, 0.2) is 24.3 Å². The number of rotatable bonds is 4. The van der Waals surface area contributed by atoms with Crippen molar-refractivity contribution >= 4 is 52.0 Å². The quantitative estimate of drug-likeness (QED) is 0.565. The molecular weight excluding hydrogens is 333 g/mol. The van der Waals surface area contributed by atoms with Crippen molar-refractivity contribution in [3.63, 3.8) is 0 Å². The second-order valence-corrected chi connectivity index (χ2v) is 7.65. The molecule has 1 nitrogen and oxygen atoms in total. The van der Waals surface area contributed by atoms with Crippen LogP contribution in [-0.2, 0) is 0 Å². The number of hydrogen-bond acceptors (Lipinski definition) is 1. The van der Waals surface area contributed by atoms with Gasteiger partial charge in [0.15, 0.2) is 0 Å². The smallest absolute Gasteiger partial charge is 0.134 e. The van der Waals surface area contributed by atoms with E-state index in [0.29, 0.717) is 0 Å². The lowest BCUT2D eigenvalue weighted by atomic mass is 9.99. The number of benzene rings is 1. The van der Waals surface area contributed by atoms with Crippen molar-refractivity contribution in [3.8, 4) is 0 Å². The first kappa shape index (κ1) is 16.4. The van der Waals surface area contributed by atoms with Gasteiger partial charge in [-0.2, -0.15) is 0 Å². The molecular formula is C15H18Cl3NS. The molecule has 1 aromatic carbocycles. The minimum absolute atomic E-state index is 0.0973. The molecule has 0 heterocycles. The van der Waals surface area contributed by atoms with Gasteiger partial charge in [-0.15, -0.1) is 23.2 Å². The Bertz CT molecular complexity index is 514. The molecule has 0 radical (unpaired) electrons. The van der Waals surface area contributed by atoms with Crippen molar-refractivity contribution < 1.29 is 0 Å². The van der Waals surface area contributed by atoms with Gasteiger partial charge in [-0.3, -0.25) is 0 Å². The molecule has 1 aliphatic rings. The first-order chi connectivity index (χ1) is 9.27. The Kier molecular flexibility index (Phi) is 4.61. The maximum atomic E-state index is 6.38. The fourth-order valence-electron chi connectivity index (χ4n) is 2.85. The fraction of sp³-hybridized carbons (Fsp3) is 0.533. The van der Waals surface area contributed by atoms with Crippen LogP contribution in [0.1, 0.15) is 38.8 Å². The molecule has 0 bridgehead atoms. The van der Waals surface area contributed by atoms with Gasteiger partial charge in [-0.1, -0.05) is 49.8 Å². The summed E-state index contributed by atoms with van der Waals surface area (Å²) in [5.74, 6) is 0.167. The van der Waals surface area contributed by atoms with Crippen LogP contribution in [0.4, 0.5) is 0 Å². The van der Waals surface area contributed by atoms with Gasteiger partial charge in [0.25, 0.3) is 0 Å². The Morgan fingerprint density at radius 2 is 1.85 bits per heavy atom. The van der Waals surface area contributed by atoms with Crippen molar-refractivity contribution in [2.75, 3.05) is 0 Å². The van der Waals surface area contributed by atoms with E-state index in [1.165, 1.54) is 0 Å². The molecule has 0 spiro atoms. The van der Waals surface area contributed by atoms with Crippen molar-refractivity contribution in [1.29, 1.82) is 0 Å². The SMILES string of the molecule is CCC1(C(=S)NC(C)c2ccc(Cl)cc2)C(C)C1(Cl)Cl. The summed E-state index contributed by atoms with van der Waals surface area (Å²) in [4.78, 5) is 0.750. The fourth-order valence-corrected chi connectivity index (χ4v) is 4.79. The third-order valence-corrected chi connectivity index (χ3v) is 6.54. The number of halogens is 3. The molecule has 1 saturated carbocycles. The molecule has 0 saturated heterocycles. The maximum absolute atomic E-state index is 6.38. The normalized spacial score (nSPS) is 28.8. The second kappa shape index (κ2) is 5.64. The van der Waals surface area contributed by atoms with Crippen LogP contribution in [0.2, 0.25) is 5.02 Å². The minimum Gasteiger partial charge on any atom is -0.373 e. The Labute approximate surface area is 141 Å². The topological polar surface area (TPSA) is 12.0 Å². The molecule has 0 amide bonds. The van der Waals surface area contributed by atoms with Crippen molar-refractivity contribution in [2.45, 2.75) is 37.6 Å². The number of hydrogen-bond donors (Lipinski definition) is 1. The molecule has 1 aromatic rings. The van der Waals surface area contributed by atoms with E-state index in [4.69, 9.17) is 47.0 Å². The molecule has 5 heteroatoms. The van der Waals surface area contributed by atoms with Crippen molar-refractivity contribution in [2.24, 2.45) is 11.3 Å². The van der Waals surface area contributed by atoms with Gasteiger partial charge in [0.2, 0.25) is 0 Å². The van der Waals surface area contributed by atoms with Gasteiger partial charge in [-0.25, -0.2) is 0 Å². The molecule has 20 heavy (non-hydrogen) atoms. The van der Waals surface area contributed by atoms with Crippen LogP contribution in [0, 0.1) is 11.3 Å². The monoisotopic (exact) mass is 349 g/mol. The van der Waals surface area contributed by atoms with Crippen LogP contribution in [-0.4, -0.2) is 9.32 Å². The zero-order valence-corrected chi connectivity index (χ0v) is 14.8. The van der Waals surface area contributed by atoms with E-state index < -0.39 is 4.33 Å². The summed E-state index contributed by atoms with van der Waals surface area (Å²) in [6.45, 7) is 6.18. The Morgan fingerprint density at radius 1 is 1.35 bits per heavy atom. The maximum Gasteiger partial charge on any atom is 0.134 e. The highest BCUT2D eigenvalue weighted by Gasteiger charge is 2.74. The van der Waals surface area contributed by atoms with Gasteiger partial charge >= 0.3 is 0 Å². The van der Waals surface area contributed by atoms with E-state index in [0.717, 1.165) is 22.0 Å². The average molecular weight is 351 g/mol. The molecule has 1 aliphatic carbocycles. The van der Waals surface area contributed by atoms with Crippen LogP contribution < -0.4 is 5.32 Å². The van der Waals surface area contributed by atoms with Gasteiger partial charge in [0.05, 0.1) is 10.4 Å². The highest BCUT2D eigenvalue weighted by molar-refractivity contribution is 7.80. The summed E-state index contributed by atoms with van der Waals surface area (Å²) >= 11 is 24.2. The average Bonchev–Trinajstić information content (AvgIpc) is 2.84. The van der Waals surface area contributed by atoms with E-state index in [1.807, 2.05) is 31.2 Å². The Hall–Kier alpha value is -0.0200. The summed E-state index contributed by atoms with van der Waals surface area (Å²) in [6, 6.07) is 7.83. The predicted octanol–water partition coefficient (Wildman–Crippen LogP) is 5.54. The van der Waals surface area contributed by atoms with Gasteiger partial charge in [0, 0.05) is 17.0 Å². The summed E-state index contributed by atoms with van der Waals surface area (Å²) in [5.41, 5.74) is 0.817. The van der Waals surface area contributed by atoms with Crippen LogP contribution in [0.25, 0.3) is 0 Å². The molecule has 0 aliphatic heterocycles. The lowest BCUT2D eigenvalue weighted by Gasteiger charge is -2.23. The van der Waals surface area contributed by atoms with E-state index in [9.17, 15) is 0 Å². The third-order valence-electron chi connectivity index (χ3n) is 4.47. The lowest BCUT2D eigenvalue weighted by molar-refractivity contribution is 0.572. The lowest BCUT2D eigenvalue weighted by Crippen LogP contribution is -2.35. The van der Waals surface area contributed by atoms with Crippen molar-refractivity contribution in [3.05, 3.63) is 34.9 Å². The number of thiocarbonyl (C=S) groups is 1. The highest BCUT2D eigenvalue weighted by Crippen LogP contribution is 2.71. The first-order valence-electron chi connectivity index (χ1n) is 6.71. The number of alkyl halides is 2. The molecule has 2 rings (SSSR count). The van der Waals surface area contributed by atoms with Crippen LogP contribution in [0.5, 0.6) is 0 Å². The Morgan fingerprint density at radius 3 is 2.25 bits per heavy atom. The molecule has 1 N–H and O–H groups in total. The molecule has 3 unspecified atom stereocenters. The van der Waals surface area contributed by atoms with E-state index >= 15 is 0 Å². The largest absolute Gasteiger partial charge is 0.373 e. The van der Waals surface area contributed by atoms with Crippen LogP contribution in [0.3, 0.4) is 0 Å². The predicted molar refractivity (Wildman–Crippen MR) is 91.9 cm³/mol. The van der Waals surface area contributed by atoms with Crippen LogP contribution >= 0.6 is 47.0 Å². The standard InChI is InChI=1S/C15H18Cl3NS/c1-4-14(10(3)15(14,17)18)13(20)19-9(2)11-5-7-12(16)8-6-11/h5-10H,4H2,1-3H3,(H,19,20). The summed E-state index contributed by atoms with van der Waals surface area (Å²) in [6.07, 6.45) is 0.834. The summed E-state index contributed by atoms with van der Waals surface area (Å²) in [5, 5.41) is 4.10. The second-order valence-electron chi connectivity index (χ2n) is 5.42. The minimum atomic E-state index is -0.758. The first-order valence-corrected chi connectivity index (χ1v) is 8.25. The zero-order valence-electron chi connectivity index (χ0n) is 11.7. The molecule has 0 aromatic heterocycles. The van der Waals surface area contributed by atoms with Gasteiger partial charge in [0.1, 0.15) is 4.33 Å². The molecule has 3 atom stereocenters. The van der Waals surface area contributed by atoms with Crippen molar-refractivity contribution in [1.82, 2.24) is 5.32 Å². The van der Waals surface area contributed by atoms with Gasteiger partial charge < -0.3 is 5.32 Å². The van der Waals surface area contributed by atoms with Gasteiger partial charge in [-0.05, 0) is 31.0 Å². The van der Waals surface area contributed by atoms with E-state index in [1.54, 1.807) is 0 Å². The van der Waals surface area contributed by atoms with E-state index in [-0.39, 0.29) is 17.4 Å². The zero-order chi connectivity index (χ0) is 15.1. The third kappa shape index (κ3) is 2.45. The summed E-state index contributed by atoms with van der Waals surface area (Å²) in [7, 11) is 0. The molecule has 110 valence electrons.